The molecular weight excluding hydrogens is 350 g/mol. The number of aromatic carboxylic acids is 1. The van der Waals surface area contributed by atoms with Gasteiger partial charge < -0.3 is 19.6 Å². The van der Waals surface area contributed by atoms with Crippen LogP contribution in [-0.2, 0) is 14.3 Å². The fourth-order valence-corrected chi connectivity index (χ4v) is 3.49. The number of rotatable bonds is 3. The number of ether oxygens (including phenoxy) is 1. The Balaban J connectivity index is 1.70. The highest BCUT2D eigenvalue weighted by Gasteiger charge is 2.48. The molecule has 27 heavy (non-hydrogen) atoms. The van der Waals surface area contributed by atoms with Crippen LogP contribution in [0.3, 0.4) is 0 Å². The van der Waals surface area contributed by atoms with Crippen molar-refractivity contribution in [2.45, 2.75) is 31.8 Å². The summed E-state index contributed by atoms with van der Waals surface area (Å²) in [4.78, 5) is 35.5. The Morgan fingerprint density at radius 1 is 1.15 bits per heavy atom. The lowest BCUT2D eigenvalue weighted by molar-refractivity contribution is -0.144. The second-order valence-electron chi connectivity index (χ2n) is 7.08. The van der Waals surface area contributed by atoms with E-state index in [0.29, 0.717) is 28.4 Å². The predicted octanol–water partition coefficient (Wildman–Crippen LogP) is 2.84. The fourth-order valence-electron chi connectivity index (χ4n) is 3.49. The highest BCUT2D eigenvalue weighted by atomic mass is 16.6. The molecule has 7 nitrogen and oxygen atoms in total. The summed E-state index contributed by atoms with van der Waals surface area (Å²) in [5.41, 5.74) is 0.900. The number of nitrogens with one attached hydrogen (secondary N) is 1. The normalized spacial score (nSPS) is 20.9. The van der Waals surface area contributed by atoms with E-state index in [1.165, 1.54) is 12.1 Å². The molecule has 7 heteroatoms. The SMILES string of the molecule is CC1(C)OC(=O)C2=C1NC(=O)CC2c1ccc(-c2ccc(C(=O)O)cc2)o1. The van der Waals surface area contributed by atoms with Gasteiger partial charge in [0.15, 0.2) is 0 Å². The lowest BCUT2D eigenvalue weighted by Crippen LogP contribution is -2.38. The Bertz CT molecular complexity index is 996. The molecule has 2 N–H and O–H groups in total. The van der Waals surface area contributed by atoms with Crippen LogP contribution < -0.4 is 5.32 Å². The minimum Gasteiger partial charge on any atom is -0.478 e. The quantitative estimate of drug-likeness (QED) is 0.808. The number of carboxylic acid groups (broad SMARTS) is 1. The molecule has 3 heterocycles. The highest BCUT2D eigenvalue weighted by molar-refractivity contribution is 5.99. The molecule has 0 aliphatic carbocycles. The molecule has 0 bridgehead atoms. The third-order valence-corrected chi connectivity index (χ3v) is 4.83. The van der Waals surface area contributed by atoms with Gasteiger partial charge in [0, 0.05) is 12.0 Å². The van der Waals surface area contributed by atoms with E-state index >= 15 is 0 Å². The van der Waals surface area contributed by atoms with Crippen molar-refractivity contribution in [3.8, 4) is 11.3 Å². The van der Waals surface area contributed by atoms with Gasteiger partial charge in [0.2, 0.25) is 5.91 Å². The van der Waals surface area contributed by atoms with Crippen molar-refractivity contribution >= 4 is 17.8 Å². The molecule has 1 unspecified atom stereocenters. The van der Waals surface area contributed by atoms with Gasteiger partial charge in [0.1, 0.15) is 17.1 Å². The van der Waals surface area contributed by atoms with E-state index in [9.17, 15) is 14.4 Å². The number of amides is 1. The molecule has 0 spiro atoms. The van der Waals surface area contributed by atoms with E-state index in [4.69, 9.17) is 14.3 Å². The second-order valence-corrected chi connectivity index (χ2v) is 7.08. The van der Waals surface area contributed by atoms with Gasteiger partial charge in [-0.05, 0) is 38.1 Å². The van der Waals surface area contributed by atoms with Crippen LogP contribution >= 0.6 is 0 Å². The molecule has 0 radical (unpaired) electrons. The van der Waals surface area contributed by atoms with Gasteiger partial charge in [-0.1, -0.05) is 12.1 Å². The van der Waals surface area contributed by atoms with Crippen LogP contribution in [0.1, 0.15) is 42.3 Å². The van der Waals surface area contributed by atoms with Gasteiger partial charge in [0.25, 0.3) is 0 Å². The molecule has 0 saturated heterocycles. The van der Waals surface area contributed by atoms with Gasteiger partial charge in [0.05, 0.1) is 22.8 Å². The number of cyclic esters (lactones) is 1. The molecule has 1 aromatic heterocycles. The third kappa shape index (κ3) is 2.81. The first-order valence-electron chi connectivity index (χ1n) is 8.47. The monoisotopic (exact) mass is 367 g/mol. The lowest BCUT2D eigenvalue weighted by atomic mass is 9.86. The number of carboxylic acids is 1. The van der Waals surface area contributed by atoms with E-state index < -0.39 is 23.5 Å². The summed E-state index contributed by atoms with van der Waals surface area (Å²) in [6.45, 7) is 3.46. The number of carbonyl (C=O) groups is 3. The first-order chi connectivity index (χ1) is 12.8. The molecule has 1 aromatic carbocycles. The van der Waals surface area contributed by atoms with Crippen LogP contribution in [0.15, 0.2) is 52.1 Å². The van der Waals surface area contributed by atoms with Gasteiger partial charge in [-0.15, -0.1) is 0 Å². The standard InChI is InChI=1S/C20H17NO6/c1-20(2)17-16(19(25)27-20)12(9-15(22)21-17)14-8-7-13(26-14)10-3-5-11(6-4-10)18(23)24/h3-8,12H,9H2,1-2H3,(H,21,22)(H,23,24). The van der Waals surface area contributed by atoms with E-state index in [1.54, 1.807) is 38.1 Å². The molecular formula is C20H17NO6. The third-order valence-electron chi connectivity index (χ3n) is 4.83. The van der Waals surface area contributed by atoms with Crippen LogP contribution in [-0.4, -0.2) is 28.6 Å². The summed E-state index contributed by atoms with van der Waals surface area (Å²) >= 11 is 0. The first kappa shape index (κ1) is 17.1. The molecule has 2 aromatic rings. The summed E-state index contributed by atoms with van der Waals surface area (Å²) in [7, 11) is 0. The maximum atomic E-state index is 12.4. The van der Waals surface area contributed by atoms with Crippen molar-refractivity contribution in [1.29, 1.82) is 0 Å². The Morgan fingerprint density at radius 3 is 2.52 bits per heavy atom. The number of hydrogen-bond donors (Lipinski definition) is 2. The van der Waals surface area contributed by atoms with E-state index in [1.807, 2.05) is 0 Å². The first-order valence-corrected chi connectivity index (χ1v) is 8.47. The van der Waals surface area contributed by atoms with Crippen molar-refractivity contribution in [2.24, 2.45) is 0 Å². The number of hydrogen-bond acceptors (Lipinski definition) is 5. The molecule has 0 saturated carbocycles. The van der Waals surface area contributed by atoms with E-state index in [-0.39, 0.29) is 17.9 Å². The van der Waals surface area contributed by atoms with Crippen molar-refractivity contribution in [2.75, 3.05) is 0 Å². The maximum absolute atomic E-state index is 12.4. The minimum absolute atomic E-state index is 0.0922. The maximum Gasteiger partial charge on any atom is 0.337 e. The predicted molar refractivity (Wildman–Crippen MR) is 93.8 cm³/mol. The van der Waals surface area contributed by atoms with Crippen molar-refractivity contribution in [3.05, 3.63) is 59.0 Å². The van der Waals surface area contributed by atoms with Crippen molar-refractivity contribution in [1.82, 2.24) is 5.32 Å². The number of esters is 1. The average molecular weight is 367 g/mol. The molecule has 0 fully saturated rings. The highest BCUT2D eigenvalue weighted by Crippen LogP contribution is 2.43. The van der Waals surface area contributed by atoms with Gasteiger partial charge >= 0.3 is 11.9 Å². The zero-order chi connectivity index (χ0) is 19.3. The van der Waals surface area contributed by atoms with Gasteiger partial charge in [-0.2, -0.15) is 0 Å². The molecule has 138 valence electrons. The van der Waals surface area contributed by atoms with Crippen LogP contribution in [0.5, 0.6) is 0 Å². The Morgan fingerprint density at radius 2 is 1.85 bits per heavy atom. The summed E-state index contributed by atoms with van der Waals surface area (Å²) in [6.07, 6.45) is 0.0922. The van der Waals surface area contributed by atoms with E-state index in [0.717, 1.165) is 0 Å². The molecule has 2 aliphatic heterocycles. The zero-order valence-electron chi connectivity index (χ0n) is 14.7. The summed E-state index contributed by atoms with van der Waals surface area (Å²) < 4.78 is 11.3. The fraction of sp³-hybridized carbons (Fsp3) is 0.250. The lowest BCUT2D eigenvalue weighted by Gasteiger charge is -2.26. The van der Waals surface area contributed by atoms with Crippen LogP contribution in [0.2, 0.25) is 0 Å². The zero-order valence-corrected chi connectivity index (χ0v) is 14.7. The number of furan rings is 1. The smallest absolute Gasteiger partial charge is 0.337 e. The summed E-state index contributed by atoms with van der Waals surface area (Å²) in [6, 6.07) is 9.75. The van der Waals surface area contributed by atoms with Crippen molar-refractivity contribution < 1.29 is 28.6 Å². The van der Waals surface area contributed by atoms with Gasteiger partial charge in [-0.3, -0.25) is 4.79 Å². The van der Waals surface area contributed by atoms with Crippen molar-refractivity contribution in [3.63, 3.8) is 0 Å². The Hall–Kier alpha value is -3.35. The number of benzene rings is 1. The second kappa shape index (κ2) is 5.84. The van der Waals surface area contributed by atoms with Crippen LogP contribution in [0, 0.1) is 0 Å². The average Bonchev–Trinajstić information content (AvgIpc) is 3.18. The molecule has 2 aliphatic rings. The Kier molecular flexibility index (Phi) is 3.69. The molecule has 4 rings (SSSR count). The summed E-state index contributed by atoms with van der Waals surface area (Å²) in [5, 5.41) is 11.7. The van der Waals surface area contributed by atoms with E-state index in [2.05, 4.69) is 5.32 Å². The van der Waals surface area contributed by atoms with Gasteiger partial charge in [-0.25, -0.2) is 9.59 Å². The number of carbonyl (C=O) groups excluding carboxylic acids is 2. The van der Waals surface area contributed by atoms with Crippen LogP contribution in [0.25, 0.3) is 11.3 Å². The summed E-state index contributed by atoms with van der Waals surface area (Å²) in [5.74, 6) is -1.16. The topological polar surface area (TPSA) is 106 Å². The molecule has 1 atom stereocenters. The minimum atomic E-state index is -1.00. The Labute approximate surface area is 154 Å². The molecule has 1 amide bonds. The van der Waals surface area contributed by atoms with Crippen LogP contribution in [0.4, 0.5) is 0 Å². The largest absolute Gasteiger partial charge is 0.478 e.